The van der Waals surface area contributed by atoms with Crippen molar-refractivity contribution in [2.24, 2.45) is 4.99 Å². The predicted molar refractivity (Wildman–Crippen MR) is 105 cm³/mol. The molecule has 1 unspecified atom stereocenters. The Bertz CT molecular complexity index is 709. The maximum atomic E-state index is 12.0. The van der Waals surface area contributed by atoms with E-state index in [0.29, 0.717) is 12.3 Å². The number of likely N-dealkylation sites (N-methyl/N-ethyl adjacent to an activating group) is 1. The molecule has 0 aliphatic carbocycles. The molecule has 0 bridgehead atoms. The standard InChI is InChI=1S/C20H28N4O2/c1-22(2)16-7-5-15(6-8-16)20-17(9-10-18(21-20)26-4)24-12-11-19(25)23(3)13-14-24/h5-8,10,17H,9,11-14H2,1-4H3. The van der Waals surface area contributed by atoms with Gasteiger partial charge in [-0.25, -0.2) is 4.99 Å². The fourth-order valence-electron chi connectivity index (χ4n) is 3.46. The van der Waals surface area contributed by atoms with Gasteiger partial charge in [0.05, 0.1) is 18.9 Å². The molecule has 0 spiro atoms. The SMILES string of the molecule is COC1=CCC(N2CCC(=O)N(C)CC2)C(c2ccc(N(C)C)cc2)=N1. The number of hydrogen-bond donors (Lipinski definition) is 0. The molecule has 1 amide bonds. The summed E-state index contributed by atoms with van der Waals surface area (Å²) in [4.78, 5) is 23.1. The molecule has 3 rings (SSSR count). The zero-order valence-electron chi connectivity index (χ0n) is 16.1. The minimum atomic E-state index is 0.165. The van der Waals surface area contributed by atoms with Crippen LogP contribution in [0.5, 0.6) is 0 Å². The quantitative estimate of drug-likeness (QED) is 0.828. The number of nitrogens with zero attached hydrogens (tertiary/aromatic N) is 4. The number of amides is 1. The van der Waals surface area contributed by atoms with Crippen molar-refractivity contribution in [3.8, 4) is 0 Å². The van der Waals surface area contributed by atoms with E-state index in [1.807, 2.05) is 32.1 Å². The summed E-state index contributed by atoms with van der Waals surface area (Å²) >= 11 is 0. The molecule has 1 aromatic rings. The van der Waals surface area contributed by atoms with Crippen molar-refractivity contribution in [3.63, 3.8) is 0 Å². The molecule has 26 heavy (non-hydrogen) atoms. The highest BCUT2D eigenvalue weighted by atomic mass is 16.5. The zero-order chi connectivity index (χ0) is 18.7. The molecular formula is C20H28N4O2. The van der Waals surface area contributed by atoms with Gasteiger partial charge in [-0.2, -0.15) is 0 Å². The van der Waals surface area contributed by atoms with Crippen LogP contribution in [0.2, 0.25) is 0 Å². The summed E-state index contributed by atoms with van der Waals surface area (Å²) in [5.74, 6) is 0.876. The van der Waals surface area contributed by atoms with E-state index in [-0.39, 0.29) is 11.9 Å². The summed E-state index contributed by atoms with van der Waals surface area (Å²) in [7, 11) is 7.60. The van der Waals surface area contributed by atoms with Crippen molar-refractivity contribution in [2.45, 2.75) is 18.9 Å². The van der Waals surface area contributed by atoms with Gasteiger partial charge in [-0.1, -0.05) is 12.1 Å². The van der Waals surface area contributed by atoms with Crippen LogP contribution < -0.4 is 4.90 Å². The number of carbonyl (C=O) groups excluding carboxylic acids is 1. The van der Waals surface area contributed by atoms with Crippen molar-refractivity contribution >= 4 is 17.3 Å². The van der Waals surface area contributed by atoms with Crippen molar-refractivity contribution in [1.82, 2.24) is 9.80 Å². The number of aliphatic imine (C=N–C) groups is 1. The van der Waals surface area contributed by atoms with Crippen LogP contribution in [0, 0.1) is 0 Å². The van der Waals surface area contributed by atoms with E-state index < -0.39 is 0 Å². The largest absolute Gasteiger partial charge is 0.481 e. The number of hydrogen-bond acceptors (Lipinski definition) is 5. The predicted octanol–water partition coefficient (Wildman–Crippen LogP) is 1.97. The second-order valence-electron chi connectivity index (χ2n) is 7.04. The van der Waals surface area contributed by atoms with Crippen molar-refractivity contribution in [3.05, 3.63) is 41.8 Å². The average Bonchev–Trinajstić information content (AvgIpc) is 2.83. The lowest BCUT2D eigenvalue weighted by Crippen LogP contribution is -2.44. The monoisotopic (exact) mass is 356 g/mol. The summed E-state index contributed by atoms with van der Waals surface area (Å²) in [5, 5.41) is 0. The third kappa shape index (κ3) is 3.90. The Morgan fingerprint density at radius 3 is 2.54 bits per heavy atom. The average molecular weight is 356 g/mol. The molecule has 2 heterocycles. The molecule has 2 aliphatic heterocycles. The molecule has 1 atom stereocenters. The third-order valence-electron chi connectivity index (χ3n) is 5.15. The van der Waals surface area contributed by atoms with Gasteiger partial charge < -0.3 is 14.5 Å². The van der Waals surface area contributed by atoms with Gasteiger partial charge in [-0.3, -0.25) is 9.69 Å². The molecule has 0 radical (unpaired) electrons. The van der Waals surface area contributed by atoms with Gasteiger partial charge in [-0.15, -0.1) is 0 Å². The normalized spacial score (nSPS) is 21.8. The molecule has 1 fully saturated rings. The lowest BCUT2D eigenvalue weighted by molar-refractivity contribution is -0.129. The lowest BCUT2D eigenvalue weighted by atomic mass is 9.96. The van der Waals surface area contributed by atoms with Crippen molar-refractivity contribution in [2.75, 3.05) is 52.8 Å². The van der Waals surface area contributed by atoms with Crippen LogP contribution in [0.25, 0.3) is 0 Å². The first kappa shape index (κ1) is 18.5. The summed E-state index contributed by atoms with van der Waals surface area (Å²) in [5.41, 5.74) is 3.28. The molecule has 6 heteroatoms. The van der Waals surface area contributed by atoms with Crippen LogP contribution in [-0.4, -0.2) is 75.3 Å². The Morgan fingerprint density at radius 2 is 1.88 bits per heavy atom. The minimum absolute atomic E-state index is 0.165. The van der Waals surface area contributed by atoms with Gasteiger partial charge in [0.1, 0.15) is 0 Å². The number of anilines is 1. The highest BCUT2D eigenvalue weighted by Gasteiger charge is 2.30. The van der Waals surface area contributed by atoms with E-state index in [1.165, 1.54) is 0 Å². The van der Waals surface area contributed by atoms with Crippen LogP contribution in [0.3, 0.4) is 0 Å². The van der Waals surface area contributed by atoms with Gasteiger partial charge in [0.2, 0.25) is 11.8 Å². The fourth-order valence-corrected chi connectivity index (χ4v) is 3.46. The van der Waals surface area contributed by atoms with Gasteiger partial charge in [-0.05, 0) is 30.2 Å². The number of methoxy groups -OCH3 is 1. The van der Waals surface area contributed by atoms with E-state index in [9.17, 15) is 4.79 Å². The fraction of sp³-hybridized carbons (Fsp3) is 0.500. The Kier molecular flexibility index (Phi) is 5.61. The Labute approximate surface area is 155 Å². The highest BCUT2D eigenvalue weighted by molar-refractivity contribution is 6.05. The second-order valence-corrected chi connectivity index (χ2v) is 7.04. The van der Waals surface area contributed by atoms with Crippen LogP contribution in [0.1, 0.15) is 18.4 Å². The smallest absolute Gasteiger partial charge is 0.223 e. The first-order valence-electron chi connectivity index (χ1n) is 9.08. The summed E-state index contributed by atoms with van der Waals surface area (Å²) in [6.07, 6.45) is 3.44. The maximum Gasteiger partial charge on any atom is 0.223 e. The zero-order valence-corrected chi connectivity index (χ0v) is 16.1. The van der Waals surface area contributed by atoms with E-state index >= 15 is 0 Å². The van der Waals surface area contributed by atoms with Crippen LogP contribution in [0.4, 0.5) is 5.69 Å². The van der Waals surface area contributed by atoms with Crippen molar-refractivity contribution < 1.29 is 9.53 Å². The first-order valence-corrected chi connectivity index (χ1v) is 9.08. The lowest BCUT2D eigenvalue weighted by Gasteiger charge is -2.33. The molecule has 2 aliphatic rings. The molecule has 0 N–H and O–H groups in total. The highest BCUT2D eigenvalue weighted by Crippen LogP contribution is 2.24. The summed E-state index contributed by atoms with van der Waals surface area (Å²) in [6, 6.07) is 8.63. The Morgan fingerprint density at radius 1 is 1.15 bits per heavy atom. The third-order valence-corrected chi connectivity index (χ3v) is 5.15. The van der Waals surface area contributed by atoms with Gasteiger partial charge in [0.25, 0.3) is 0 Å². The molecule has 140 valence electrons. The van der Waals surface area contributed by atoms with Gasteiger partial charge in [0, 0.05) is 52.9 Å². The second kappa shape index (κ2) is 7.91. The van der Waals surface area contributed by atoms with E-state index in [0.717, 1.165) is 43.0 Å². The molecule has 1 aromatic carbocycles. The van der Waals surface area contributed by atoms with E-state index in [1.54, 1.807) is 7.11 Å². The molecular weight excluding hydrogens is 328 g/mol. The van der Waals surface area contributed by atoms with Crippen LogP contribution in [-0.2, 0) is 9.53 Å². The Balaban J connectivity index is 1.88. The number of rotatable bonds is 4. The van der Waals surface area contributed by atoms with Crippen molar-refractivity contribution in [1.29, 1.82) is 0 Å². The molecule has 0 saturated carbocycles. The number of carbonyl (C=O) groups is 1. The molecule has 0 aromatic heterocycles. The number of benzene rings is 1. The summed E-state index contributed by atoms with van der Waals surface area (Å²) in [6.45, 7) is 2.37. The topological polar surface area (TPSA) is 48.4 Å². The van der Waals surface area contributed by atoms with Crippen LogP contribution >= 0.6 is 0 Å². The minimum Gasteiger partial charge on any atom is -0.481 e. The Hall–Kier alpha value is -2.34. The maximum absolute atomic E-state index is 12.0. The number of ether oxygens (including phenoxy) is 1. The first-order chi connectivity index (χ1) is 12.5. The van der Waals surface area contributed by atoms with Gasteiger partial charge in [0.15, 0.2) is 0 Å². The van der Waals surface area contributed by atoms with E-state index in [4.69, 9.17) is 9.73 Å². The molecule has 1 saturated heterocycles. The van der Waals surface area contributed by atoms with E-state index in [2.05, 4.69) is 34.1 Å². The summed E-state index contributed by atoms with van der Waals surface area (Å²) < 4.78 is 5.38. The molecule has 6 nitrogen and oxygen atoms in total. The van der Waals surface area contributed by atoms with Gasteiger partial charge >= 0.3 is 0 Å². The van der Waals surface area contributed by atoms with Crippen LogP contribution in [0.15, 0.2) is 41.2 Å².